The van der Waals surface area contributed by atoms with Gasteiger partial charge in [0.25, 0.3) is 0 Å². The monoisotopic (exact) mass is 314 g/mol. The van der Waals surface area contributed by atoms with Gasteiger partial charge in [-0.05, 0) is 30.9 Å². The van der Waals surface area contributed by atoms with Crippen LogP contribution in [-0.2, 0) is 9.59 Å². The molecular weight excluding hydrogens is 294 g/mol. The predicted octanol–water partition coefficient (Wildman–Crippen LogP) is 1.82. The number of rotatable bonds is 5. The summed E-state index contributed by atoms with van der Waals surface area (Å²) < 4.78 is 26.4. The third-order valence-electron chi connectivity index (χ3n) is 2.98. The summed E-state index contributed by atoms with van der Waals surface area (Å²) in [5.41, 5.74) is -0.808. The Bertz CT molecular complexity index is 560. The largest absolute Gasteiger partial charge is 0.393 e. The van der Waals surface area contributed by atoms with Gasteiger partial charge in [0.15, 0.2) is 11.6 Å². The number of benzene rings is 1. The molecule has 0 bridgehead atoms. The molecule has 1 unspecified atom stereocenters. The van der Waals surface area contributed by atoms with E-state index in [1.165, 1.54) is 6.07 Å². The minimum Gasteiger partial charge on any atom is -0.393 e. The van der Waals surface area contributed by atoms with Gasteiger partial charge in [0.1, 0.15) is 0 Å². The van der Waals surface area contributed by atoms with E-state index in [-0.39, 0.29) is 6.54 Å². The zero-order chi connectivity index (χ0) is 16.9. The molecule has 7 heteroatoms. The van der Waals surface area contributed by atoms with E-state index in [4.69, 9.17) is 0 Å². The molecule has 2 amide bonds. The lowest BCUT2D eigenvalue weighted by Crippen LogP contribution is -2.41. The Balaban J connectivity index is 2.59. The van der Waals surface area contributed by atoms with E-state index in [1.54, 1.807) is 6.92 Å². The summed E-state index contributed by atoms with van der Waals surface area (Å²) in [5.74, 6) is -4.38. The second kappa shape index (κ2) is 7.31. The first-order chi connectivity index (χ1) is 10.1. The van der Waals surface area contributed by atoms with Gasteiger partial charge in [-0.2, -0.15) is 0 Å². The number of halogens is 2. The fourth-order valence-electron chi connectivity index (χ4n) is 2.05. The molecule has 0 fully saturated rings. The molecule has 5 nitrogen and oxygen atoms in total. The van der Waals surface area contributed by atoms with Crippen molar-refractivity contribution in [1.82, 2.24) is 5.32 Å². The van der Waals surface area contributed by atoms with Crippen molar-refractivity contribution in [3.8, 4) is 0 Å². The number of carbonyl (C=O) groups excluding carboxylic acids is 2. The second-order valence-corrected chi connectivity index (χ2v) is 5.96. The molecule has 1 aromatic rings. The maximum Gasteiger partial charge on any atom is 0.313 e. The smallest absolute Gasteiger partial charge is 0.313 e. The van der Waals surface area contributed by atoms with Crippen molar-refractivity contribution in [2.45, 2.75) is 33.3 Å². The Kier molecular flexibility index (Phi) is 5.99. The molecule has 0 aliphatic heterocycles. The Morgan fingerprint density at radius 1 is 1.27 bits per heavy atom. The van der Waals surface area contributed by atoms with Crippen LogP contribution in [0.1, 0.15) is 27.2 Å². The van der Waals surface area contributed by atoms with Gasteiger partial charge in [0.2, 0.25) is 0 Å². The Labute approximate surface area is 127 Å². The number of hydrogen-bond acceptors (Lipinski definition) is 3. The van der Waals surface area contributed by atoms with E-state index in [0.29, 0.717) is 6.42 Å². The van der Waals surface area contributed by atoms with E-state index < -0.39 is 40.7 Å². The predicted molar refractivity (Wildman–Crippen MR) is 78.1 cm³/mol. The first-order valence-electron chi connectivity index (χ1n) is 6.83. The van der Waals surface area contributed by atoms with Gasteiger partial charge in [0, 0.05) is 6.54 Å². The highest BCUT2D eigenvalue weighted by atomic mass is 19.2. The molecule has 0 saturated carbocycles. The van der Waals surface area contributed by atoms with Crippen LogP contribution in [0, 0.1) is 17.0 Å². The van der Waals surface area contributed by atoms with Crippen molar-refractivity contribution >= 4 is 17.5 Å². The molecule has 1 rings (SSSR count). The highest BCUT2D eigenvalue weighted by Gasteiger charge is 2.23. The highest BCUT2D eigenvalue weighted by molar-refractivity contribution is 6.39. The summed E-state index contributed by atoms with van der Waals surface area (Å²) in [6.45, 7) is 5.44. The summed E-state index contributed by atoms with van der Waals surface area (Å²) in [6, 6.07) is 3.28. The molecule has 0 radical (unpaired) electrons. The minimum atomic E-state index is -1.22. The standard InChI is InChI=1S/C15H20F2N2O3/c1-9(20)7-15(2,3)8-18-13(21)14(22)19-11-6-4-5-10(16)12(11)17/h4-6,9,20H,7-8H2,1-3H3,(H,18,21)(H,19,22). The molecule has 0 aliphatic rings. The van der Waals surface area contributed by atoms with Crippen molar-refractivity contribution in [2.75, 3.05) is 11.9 Å². The first kappa shape index (κ1) is 18.0. The van der Waals surface area contributed by atoms with Crippen LogP contribution in [0.25, 0.3) is 0 Å². The van der Waals surface area contributed by atoms with E-state index >= 15 is 0 Å². The van der Waals surface area contributed by atoms with Crippen molar-refractivity contribution in [3.05, 3.63) is 29.8 Å². The maximum atomic E-state index is 13.4. The number of aliphatic hydroxyl groups excluding tert-OH is 1. The SMILES string of the molecule is CC(O)CC(C)(C)CNC(=O)C(=O)Nc1cccc(F)c1F. The van der Waals surface area contributed by atoms with Crippen molar-refractivity contribution < 1.29 is 23.5 Å². The summed E-state index contributed by atoms with van der Waals surface area (Å²) >= 11 is 0. The normalized spacial score (nSPS) is 12.6. The van der Waals surface area contributed by atoms with Crippen molar-refractivity contribution in [3.63, 3.8) is 0 Å². The van der Waals surface area contributed by atoms with Crippen molar-refractivity contribution in [2.24, 2.45) is 5.41 Å². The van der Waals surface area contributed by atoms with E-state index in [1.807, 2.05) is 19.2 Å². The number of nitrogens with one attached hydrogen (secondary N) is 2. The number of carbonyl (C=O) groups is 2. The molecular formula is C15H20F2N2O3. The average Bonchev–Trinajstić information content (AvgIpc) is 2.40. The molecule has 0 aromatic heterocycles. The summed E-state index contributed by atoms with van der Waals surface area (Å²) in [4.78, 5) is 23.3. The lowest BCUT2D eigenvalue weighted by molar-refractivity contribution is -0.136. The average molecular weight is 314 g/mol. The van der Waals surface area contributed by atoms with Crippen LogP contribution < -0.4 is 10.6 Å². The first-order valence-corrected chi connectivity index (χ1v) is 6.83. The molecule has 1 aromatic carbocycles. The quantitative estimate of drug-likeness (QED) is 0.725. The lowest BCUT2D eigenvalue weighted by Gasteiger charge is -2.26. The zero-order valence-electron chi connectivity index (χ0n) is 12.7. The lowest BCUT2D eigenvalue weighted by atomic mass is 9.87. The Morgan fingerprint density at radius 2 is 1.91 bits per heavy atom. The van der Waals surface area contributed by atoms with Gasteiger partial charge >= 0.3 is 11.8 Å². The topological polar surface area (TPSA) is 78.4 Å². The fourth-order valence-corrected chi connectivity index (χ4v) is 2.05. The van der Waals surface area contributed by atoms with Crippen LogP contribution in [0.15, 0.2) is 18.2 Å². The molecule has 3 N–H and O–H groups in total. The van der Waals surface area contributed by atoms with Crippen LogP contribution in [0.5, 0.6) is 0 Å². The Hall–Kier alpha value is -2.02. The molecule has 0 aliphatic carbocycles. The van der Waals surface area contributed by atoms with E-state index in [0.717, 1.165) is 12.1 Å². The Morgan fingerprint density at radius 3 is 2.50 bits per heavy atom. The summed E-state index contributed by atoms with van der Waals surface area (Å²) in [5, 5.41) is 13.8. The second-order valence-electron chi connectivity index (χ2n) is 5.96. The van der Waals surface area contributed by atoms with Gasteiger partial charge in [-0.1, -0.05) is 19.9 Å². The molecule has 122 valence electrons. The van der Waals surface area contributed by atoms with Crippen LogP contribution in [0.4, 0.5) is 14.5 Å². The molecule has 0 saturated heterocycles. The van der Waals surface area contributed by atoms with Crippen molar-refractivity contribution in [1.29, 1.82) is 0 Å². The molecule has 0 spiro atoms. The summed E-state index contributed by atoms with van der Waals surface area (Å²) in [6.07, 6.45) is -0.102. The number of hydrogen-bond donors (Lipinski definition) is 3. The van der Waals surface area contributed by atoms with Crippen LogP contribution in [0.2, 0.25) is 0 Å². The molecule has 0 heterocycles. The third kappa shape index (κ3) is 5.40. The number of aliphatic hydroxyl groups is 1. The van der Waals surface area contributed by atoms with E-state index in [9.17, 15) is 23.5 Å². The van der Waals surface area contributed by atoms with Gasteiger partial charge in [-0.15, -0.1) is 0 Å². The van der Waals surface area contributed by atoms with Gasteiger partial charge in [0.05, 0.1) is 11.8 Å². The zero-order valence-corrected chi connectivity index (χ0v) is 12.7. The fraction of sp³-hybridized carbons (Fsp3) is 0.467. The van der Waals surface area contributed by atoms with Crippen LogP contribution >= 0.6 is 0 Å². The van der Waals surface area contributed by atoms with E-state index in [2.05, 4.69) is 5.32 Å². The minimum absolute atomic E-state index is 0.162. The van der Waals surface area contributed by atoms with Gasteiger partial charge in [-0.25, -0.2) is 8.78 Å². The van der Waals surface area contributed by atoms with Crippen LogP contribution in [0.3, 0.4) is 0 Å². The maximum absolute atomic E-state index is 13.4. The number of anilines is 1. The number of amides is 2. The summed E-state index contributed by atoms with van der Waals surface area (Å²) in [7, 11) is 0. The molecule has 1 atom stereocenters. The highest BCUT2D eigenvalue weighted by Crippen LogP contribution is 2.21. The third-order valence-corrected chi connectivity index (χ3v) is 2.98. The van der Waals surface area contributed by atoms with Gasteiger partial charge < -0.3 is 15.7 Å². The van der Waals surface area contributed by atoms with Gasteiger partial charge in [-0.3, -0.25) is 9.59 Å². The van der Waals surface area contributed by atoms with Crippen LogP contribution in [-0.4, -0.2) is 29.6 Å². The molecule has 22 heavy (non-hydrogen) atoms.